The summed E-state index contributed by atoms with van der Waals surface area (Å²) in [5, 5.41) is 3.38. The summed E-state index contributed by atoms with van der Waals surface area (Å²) in [6.07, 6.45) is 0.413. The van der Waals surface area contributed by atoms with Gasteiger partial charge in [0, 0.05) is 10.6 Å². The van der Waals surface area contributed by atoms with E-state index in [2.05, 4.69) is 5.32 Å². The third-order valence-electron chi connectivity index (χ3n) is 4.62. The lowest BCUT2D eigenvalue weighted by molar-refractivity contribution is -0.132. The second-order valence-electron chi connectivity index (χ2n) is 6.15. The van der Waals surface area contributed by atoms with Gasteiger partial charge in [0.15, 0.2) is 0 Å². The Morgan fingerprint density at radius 3 is 2.27 bits per heavy atom. The molecule has 3 rings (SSSR count). The van der Waals surface area contributed by atoms with Crippen molar-refractivity contribution in [2.45, 2.75) is 25.4 Å². The highest BCUT2D eigenvalue weighted by Crippen LogP contribution is 2.33. The number of benzene rings is 2. The monoisotopic (exact) mass is 371 g/mol. The number of rotatable bonds is 5. The Morgan fingerprint density at radius 2 is 1.73 bits per heavy atom. The molecular formula is C19H18ClN3O3. The van der Waals surface area contributed by atoms with Crippen LogP contribution in [0.5, 0.6) is 0 Å². The zero-order valence-electron chi connectivity index (χ0n) is 14.2. The van der Waals surface area contributed by atoms with Crippen LogP contribution in [0, 0.1) is 0 Å². The first-order chi connectivity index (χ1) is 12.4. The average molecular weight is 372 g/mol. The van der Waals surface area contributed by atoms with Crippen LogP contribution in [0.15, 0.2) is 48.5 Å². The van der Waals surface area contributed by atoms with Crippen molar-refractivity contribution in [3.63, 3.8) is 0 Å². The van der Waals surface area contributed by atoms with Gasteiger partial charge in [0.25, 0.3) is 5.91 Å². The van der Waals surface area contributed by atoms with Crippen LogP contribution in [0.25, 0.3) is 0 Å². The minimum absolute atomic E-state index is 0.110. The normalized spacial score (nSPS) is 19.5. The average Bonchev–Trinajstić information content (AvgIpc) is 2.88. The Hall–Kier alpha value is -2.86. The third kappa shape index (κ3) is 3.04. The first kappa shape index (κ1) is 17.9. The van der Waals surface area contributed by atoms with E-state index in [9.17, 15) is 14.4 Å². The quantitative estimate of drug-likeness (QED) is 0.791. The molecule has 1 heterocycles. The lowest BCUT2D eigenvalue weighted by Crippen LogP contribution is -2.43. The molecule has 4 amide bonds. The number of hydrogen-bond acceptors (Lipinski definition) is 3. The van der Waals surface area contributed by atoms with Crippen molar-refractivity contribution in [1.29, 1.82) is 0 Å². The van der Waals surface area contributed by atoms with Crippen molar-refractivity contribution in [1.82, 2.24) is 10.2 Å². The van der Waals surface area contributed by atoms with E-state index >= 15 is 0 Å². The Labute approximate surface area is 155 Å². The van der Waals surface area contributed by atoms with E-state index in [0.717, 1.165) is 5.56 Å². The molecule has 134 valence electrons. The smallest absolute Gasteiger partial charge is 0.325 e. The number of imide groups is 1. The molecule has 26 heavy (non-hydrogen) atoms. The predicted octanol–water partition coefficient (Wildman–Crippen LogP) is 2.80. The van der Waals surface area contributed by atoms with Crippen LogP contribution in [0.1, 0.15) is 34.8 Å². The number of amides is 4. The second kappa shape index (κ2) is 6.80. The van der Waals surface area contributed by atoms with Crippen LogP contribution in [0.3, 0.4) is 0 Å². The minimum Gasteiger partial charge on any atom is -0.366 e. The van der Waals surface area contributed by atoms with Crippen molar-refractivity contribution in [3.8, 4) is 0 Å². The number of nitrogens with zero attached hydrogens (tertiary/aromatic N) is 1. The highest BCUT2D eigenvalue weighted by molar-refractivity contribution is 6.30. The number of urea groups is 1. The maximum Gasteiger partial charge on any atom is 0.325 e. The molecule has 0 saturated carbocycles. The van der Waals surface area contributed by atoms with Gasteiger partial charge in [-0.3, -0.25) is 14.5 Å². The molecule has 1 aliphatic rings. The fraction of sp³-hybridized carbons (Fsp3) is 0.211. The fourth-order valence-electron chi connectivity index (χ4n) is 3.10. The van der Waals surface area contributed by atoms with Gasteiger partial charge >= 0.3 is 6.03 Å². The van der Waals surface area contributed by atoms with Crippen LogP contribution in [0.2, 0.25) is 5.02 Å². The van der Waals surface area contributed by atoms with Gasteiger partial charge in [-0.15, -0.1) is 0 Å². The summed E-state index contributed by atoms with van der Waals surface area (Å²) in [6, 6.07) is 12.9. The number of hydrogen-bond donors (Lipinski definition) is 2. The molecule has 6 nitrogen and oxygen atoms in total. The number of carbonyl (C=O) groups excluding carboxylic acids is 3. The van der Waals surface area contributed by atoms with Gasteiger partial charge in [-0.2, -0.15) is 0 Å². The molecule has 2 aromatic carbocycles. The summed E-state index contributed by atoms with van der Waals surface area (Å²) in [4.78, 5) is 37.9. The largest absolute Gasteiger partial charge is 0.366 e. The molecule has 2 aromatic rings. The maximum atomic E-state index is 13.1. The Kier molecular flexibility index (Phi) is 4.70. The van der Waals surface area contributed by atoms with E-state index in [-0.39, 0.29) is 12.5 Å². The summed E-state index contributed by atoms with van der Waals surface area (Å²) in [5.74, 6) is -0.842. The molecule has 7 heteroatoms. The van der Waals surface area contributed by atoms with Crippen LogP contribution < -0.4 is 11.1 Å². The van der Waals surface area contributed by atoms with Gasteiger partial charge in [0.05, 0.1) is 6.54 Å². The lowest BCUT2D eigenvalue weighted by Gasteiger charge is -2.26. The lowest BCUT2D eigenvalue weighted by atomic mass is 9.87. The molecule has 1 atom stereocenters. The number of primary amides is 1. The molecule has 0 radical (unpaired) electrons. The zero-order valence-corrected chi connectivity index (χ0v) is 14.9. The molecule has 0 bridgehead atoms. The van der Waals surface area contributed by atoms with E-state index < -0.39 is 17.5 Å². The van der Waals surface area contributed by atoms with Gasteiger partial charge in [-0.1, -0.05) is 42.8 Å². The van der Waals surface area contributed by atoms with Gasteiger partial charge < -0.3 is 11.1 Å². The highest BCUT2D eigenvalue weighted by Gasteiger charge is 2.51. The van der Waals surface area contributed by atoms with Crippen molar-refractivity contribution < 1.29 is 14.4 Å². The molecule has 0 spiro atoms. The van der Waals surface area contributed by atoms with Crippen LogP contribution in [-0.4, -0.2) is 22.7 Å². The van der Waals surface area contributed by atoms with Crippen LogP contribution in [0.4, 0.5) is 4.79 Å². The van der Waals surface area contributed by atoms with E-state index in [1.54, 1.807) is 48.5 Å². The third-order valence-corrected chi connectivity index (χ3v) is 4.87. The van der Waals surface area contributed by atoms with Gasteiger partial charge in [-0.25, -0.2) is 4.79 Å². The summed E-state index contributed by atoms with van der Waals surface area (Å²) in [7, 11) is 0. The fourth-order valence-corrected chi connectivity index (χ4v) is 3.23. The van der Waals surface area contributed by atoms with Crippen molar-refractivity contribution in [2.75, 3.05) is 0 Å². The van der Waals surface area contributed by atoms with Gasteiger partial charge in [-0.05, 0) is 41.8 Å². The van der Waals surface area contributed by atoms with Gasteiger partial charge in [0.2, 0.25) is 5.91 Å². The maximum absolute atomic E-state index is 13.1. The number of carbonyl (C=O) groups is 3. The Morgan fingerprint density at radius 1 is 1.12 bits per heavy atom. The first-order valence-electron chi connectivity index (χ1n) is 8.16. The summed E-state index contributed by atoms with van der Waals surface area (Å²) < 4.78 is 0. The zero-order chi connectivity index (χ0) is 18.9. The molecule has 0 aliphatic carbocycles. The van der Waals surface area contributed by atoms with Crippen LogP contribution >= 0.6 is 11.6 Å². The SMILES string of the molecule is CCC1(c2ccc(Cl)cc2)NC(=O)N(Cc2ccc(C(N)=O)cc2)C1=O. The molecule has 1 aliphatic heterocycles. The standard InChI is InChI=1S/C19H18ClN3O3/c1-2-19(14-7-9-15(20)10-8-14)17(25)23(18(26)22-19)11-12-3-5-13(6-4-12)16(21)24/h3-10H,2,11H2,1H3,(H2,21,24)(H,22,26). The first-order valence-corrected chi connectivity index (χ1v) is 8.54. The number of nitrogens with one attached hydrogen (secondary N) is 1. The highest BCUT2D eigenvalue weighted by atomic mass is 35.5. The summed E-state index contributed by atoms with van der Waals surface area (Å²) in [6.45, 7) is 1.96. The van der Waals surface area contributed by atoms with E-state index in [1.165, 1.54) is 4.90 Å². The topological polar surface area (TPSA) is 92.5 Å². The molecule has 1 saturated heterocycles. The van der Waals surface area contributed by atoms with Crippen molar-refractivity contribution in [3.05, 3.63) is 70.2 Å². The summed E-state index contributed by atoms with van der Waals surface area (Å²) >= 11 is 5.93. The number of nitrogens with two attached hydrogens (primary N) is 1. The van der Waals surface area contributed by atoms with Crippen LogP contribution in [-0.2, 0) is 16.9 Å². The minimum atomic E-state index is -1.10. The van der Waals surface area contributed by atoms with Gasteiger partial charge in [0.1, 0.15) is 5.54 Å². The summed E-state index contributed by atoms with van der Waals surface area (Å²) in [5.41, 5.74) is 5.90. The van der Waals surface area contributed by atoms with E-state index in [4.69, 9.17) is 17.3 Å². The molecule has 0 aromatic heterocycles. The number of halogens is 1. The Bertz CT molecular complexity index is 865. The predicted molar refractivity (Wildman–Crippen MR) is 97.5 cm³/mol. The molecule has 3 N–H and O–H groups in total. The van der Waals surface area contributed by atoms with E-state index in [1.807, 2.05) is 6.92 Å². The Balaban J connectivity index is 1.88. The molecule has 1 unspecified atom stereocenters. The molecular weight excluding hydrogens is 354 g/mol. The van der Waals surface area contributed by atoms with Crippen molar-refractivity contribution >= 4 is 29.4 Å². The second-order valence-corrected chi connectivity index (χ2v) is 6.58. The van der Waals surface area contributed by atoms with E-state index in [0.29, 0.717) is 22.6 Å². The molecule has 1 fully saturated rings. The van der Waals surface area contributed by atoms with Crippen molar-refractivity contribution in [2.24, 2.45) is 5.73 Å².